The molecule has 2 atom stereocenters. The number of thiazole rings is 1. The molecule has 0 saturated carbocycles. The summed E-state index contributed by atoms with van der Waals surface area (Å²) >= 11 is 1.87. The predicted molar refractivity (Wildman–Crippen MR) is 90.0 cm³/mol. The average Bonchev–Trinajstić information content (AvgIpc) is 3.05. The average molecular weight is 308 g/mol. The molecule has 21 heavy (non-hydrogen) atoms. The SMILES string of the molecule is CC(C)NC1(c2nc(C(C)C)cs2)CCN2CCCCC21. The number of aromatic nitrogens is 1. The molecule has 0 spiro atoms. The highest BCUT2D eigenvalue weighted by Crippen LogP contribution is 2.44. The van der Waals surface area contributed by atoms with E-state index in [4.69, 9.17) is 4.98 Å². The molecular weight excluding hydrogens is 278 g/mol. The number of hydrogen-bond acceptors (Lipinski definition) is 4. The number of nitrogens with zero attached hydrogens (tertiary/aromatic N) is 2. The zero-order valence-corrected chi connectivity index (χ0v) is 14.7. The van der Waals surface area contributed by atoms with Crippen molar-refractivity contribution < 1.29 is 0 Å². The fourth-order valence-corrected chi connectivity index (χ4v) is 5.28. The summed E-state index contributed by atoms with van der Waals surface area (Å²) in [7, 11) is 0. The van der Waals surface area contributed by atoms with Crippen LogP contribution in [0.2, 0.25) is 0 Å². The van der Waals surface area contributed by atoms with E-state index < -0.39 is 0 Å². The normalized spacial score (nSPS) is 30.3. The molecule has 0 radical (unpaired) electrons. The maximum Gasteiger partial charge on any atom is 0.115 e. The summed E-state index contributed by atoms with van der Waals surface area (Å²) in [6.45, 7) is 11.5. The molecule has 0 bridgehead atoms. The van der Waals surface area contributed by atoms with Crippen molar-refractivity contribution >= 4 is 11.3 Å². The van der Waals surface area contributed by atoms with Gasteiger partial charge in [-0.2, -0.15) is 0 Å². The van der Waals surface area contributed by atoms with Gasteiger partial charge in [0.1, 0.15) is 5.01 Å². The number of hydrogen-bond donors (Lipinski definition) is 1. The first kappa shape index (κ1) is 15.4. The third-order valence-corrected chi connectivity index (χ3v) is 6.06. The van der Waals surface area contributed by atoms with Gasteiger partial charge in [0.05, 0.1) is 11.2 Å². The monoisotopic (exact) mass is 307 g/mol. The fourth-order valence-electron chi connectivity index (χ4n) is 4.05. The maximum absolute atomic E-state index is 5.04. The van der Waals surface area contributed by atoms with Crippen LogP contribution >= 0.6 is 11.3 Å². The van der Waals surface area contributed by atoms with E-state index in [1.165, 1.54) is 49.5 Å². The largest absolute Gasteiger partial charge is 0.302 e. The third-order valence-electron chi connectivity index (χ3n) is 5.02. The molecule has 1 aromatic rings. The maximum atomic E-state index is 5.04. The topological polar surface area (TPSA) is 28.2 Å². The molecule has 1 N–H and O–H groups in total. The number of fused-ring (bicyclic) bond motifs is 1. The second-order valence-corrected chi connectivity index (χ2v) is 8.16. The summed E-state index contributed by atoms with van der Waals surface area (Å²) in [4.78, 5) is 7.74. The lowest BCUT2D eigenvalue weighted by Gasteiger charge is -2.41. The van der Waals surface area contributed by atoms with Crippen molar-refractivity contribution in [3.05, 3.63) is 16.1 Å². The van der Waals surface area contributed by atoms with E-state index in [-0.39, 0.29) is 5.54 Å². The van der Waals surface area contributed by atoms with Gasteiger partial charge in [0, 0.05) is 24.0 Å². The minimum Gasteiger partial charge on any atom is -0.302 e. The van der Waals surface area contributed by atoms with Gasteiger partial charge in [-0.3, -0.25) is 4.90 Å². The van der Waals surface area contributed by atoms with Gasteiger partial charge < -0.3 is 5.32 Å². The highest BCUT2D eigenvalue weighted by molar-refractivity contribution is 7.09. The Hall–Kier alpha value is -0.450. The van der Waals surface area contributed by atoms with Gasteiger partial charge in [-0.25, -0.2) is 4.98 Å². The molecule has 2 fully saturated rings. The van der Waals surface area contributed by atoms with Crippen LogP contribution in [0, 0.1) is 0 Å². The summed E-state index contributed by atoms with van der Waals surface area (Å²) in [6, 6.07) is 1.14. The minimum atomic E-state index is 0.0897. The molecule has 3 rings (SSSR count). The Morgan fingerprint density at radius 3 is 2.76 bits per heavy atom. The molecule has 3 heterocycles. The van der Waals surface area contributed by atoms with Crippen molar-refractivity contribution in [1.29, 1.82) is 0 Å². The first-order valence-electron chi connectivity index (χ1n) is 8.50. The van der Waals surface area contributed by atoms with Crippen LogP contribution in [-0.4, -0.2) is 35.1 Å². The lowest BCUT2D eigenvalue weighted by Crippen LogP contribution is -2.55. The second-order valence-electron chi connectivity index (χ2n) is 7.30. The second kappa shape index (κ2) is 5.98. The molecule has 0 amide bonds. The van der Waals surface area contributed by atoms with Crippen LogP contribution in [-0.2, 0) is 5.54 Å². The van der Waals surface area contributed by atoms with E-state index in [0.29, 0.717) is 18.0 Å². The first-order chi connectivity index (χ1) is 10.0. The van der Waals surface area contributed by atoms with Gasteiger partial charge in [0.25, 0.3) is 0 Å². The zero-order chi connectivity index (χ0) is 15.0. The lowest BCUT2D eigenvalue weighted by molar-refractivity contribution is 0.130. The molecule has 4 heteroatoms. The van der Waals surface area contributed by atoms with Crippen LogP contribution in [0.3, 0.4) is 0 Å². The summed E-state index contributed by atoms with van der Waals surface area (Å²) in [6.07, 6.45) is 5.26. The van der Waals surface area contributed by atoms with Crippen molar-refractivity contribution in [2.24, 2.45) is 0 Å². The molecule has 1 aromatic heterocycles. The van der Waals surface area contributed by atoms with Gasteiger partial charge in [0.2, 0.25) is 0 Å². The Morgan fingerprint density at radius 2 is 2.10 bits per heavy atom. The molecule has 2 saturated heterocycles. The summed E-state index contributed by atoms with van der Waals surface area (Å²) < 4.78 is 0. The highest BCUT2D eigenvalue weighted by atomic mass is 32.1. The van der Waals surface area contributed by atoms with Gasteiger partial charge in [0.15, 0.2) is 0 Å². The van der Waals surface area contributed by atoms with E-state index in [9.17, 15) is 0 Å². The van der Waals surface area contributed by atoms with E-state index in [0.717, 1.165) is 0 Å². The van der Waals surface area contributed by atoms with Crippen molar-refractivity contribution in [2.45, 2.75) is 76.9 Å². The van der Waals surface area contributed by atoms with Crippen LogP contribution < -0.4 is 5.32 Å². The quantitative estimate of drug-likeness (QED) is 0.919. The van der Waals surface area contributed by atoms with E-state index in [1.807, 2.05) is 11.3 Å². The van der Waals surface area contributed by atoms with Crippen LogP contribution in [0.5, 0.6) is 0 Å². The van der Waals surface area contributed by atoms with Crippen LogP contribution in [0.1, 0.15) is 70.0 Å². The highest BCUT2D eigenvalue weighted by Gasteiger charge is 2.51. The molecule has 0 aliphatic carbocycles. The Morgan fingerprint density at radius 1 is 1.29 bits per heavy atom. The van der Waals surface area contributed by atoms with Crippen molar-refractivity contribution in [1.82, 2.24) is 15.2 Å². The van der Waals surface area contributed by atoms with E-state index >= 15 is 0 Å². The lowest BCUT2D eigenvalue weighted by atomic mass is 9.85. The zero-order valence-electron chi connectivity index (χ0n) is 13.9. The first-order valence-corrected chi connectivity index (χ1v) is 9.38. The third kappa shape index (κ3) is 2.78. The molecule has 2 aliphatic heterocycles. The fraction of sp³-hybridized carbons (Fsp3) is 0.824. The molecular formula is C17H29N3S. The summed E-state index contributed by atoms with van der Waals surface area (Å²) in [5.74, 6) is 0.523. The van der Waals surface area contributed by atoms with Gasteiger partial charge in [-0.05, 0) is 45.6 Å². The molecule has 3 nitrogen and oxygen atoms in total. The number of rotatable bonds is 4. The van der Waals surface area contributed by atoms with Gasteiger partial charge >= 0.3 is 0 Å². The summed E-state index contributed by atoms with van der Waals surface area (Å²) in [5.41, 5.74) is 1.35. The van der Waals surface area contributed by atoms with Crippen LogP contribution in [0.15, 0.2) is 5.38 Å². The smallest absolute Gasteiger partial charge is 0.115 e. The van der Waals surface area contributed by atoms with Crippen LogP contribution in [0.4, 0.5) is 0 Å². The molecule has 0 aromatic carbocycles. The van der Waals surface area contributed by atoms with E-state index in [2.05, 4.69) is 43.3 Å². The predicted octanol–water partition coefficient (Wildman–Crippen LogP) is 3.72. The Kier molecular flexibility index (Phi) is 4.40. The van der Waals surface area contributed by atoms with Crippen molar-refractivity contribution in [3.63, 3.8) is 0 Å². The van der Waals surface area contributed by atoms with Gasteiger partial charge in [-0.15, -0.1) is 11.3 Å². The molecule has 118 valence electrons. The Bertz CT molecular complexity index is 482. The number of nitrogens with one attached hydrogen (secondary N) is 1. The van der Waals surface area contributed by atoms with E-state index in [1.54, 1.807) is 0 Å². The molecule has 2 aliphatic rings. The van der Waals surface area contributed by atoms with Crippen molar-refractivity contribution in [2.75, 3.05) is 13.1 Å². The standard InChI is InChI=1S/C17H29N3S/c1-12(2)14-11-21-16(18-14)17(19-13(3)4)8-10-20-9-6-5-7-15(17)20/h11-13,15,19H,5-10H2,1-4H3. The number of piperidine rings is 1. The van der Waals surface area contributed by atoms with Crippen molar-refractivity contribution in [3.8, 4) is 0 Å². The van der Waals surface area contributed by atoms with Gasteiger partial charge in [-0.1, -0.05) is 20.3 Å². The van der Waals surface area contributed by atoms with Crippen LogP contribution in [0.25, 0.3) is 0 Å². The molecule has 2 unspecified atom stereocenters. The summed E-state index contributed by atoms with van der Waals surface area (Å²) in [5, 5.41) is 7.53. The Labute approximate surface area is 133 Å². The minimum absolute atomic E-state index is 0.0897. The Balaban J connectivity index is 1.96.